The number of fused-ring (bicyclic) bond motifs is 1. The number of methoxy groups -OCH3 is 3. The largest absolute Gasteiger partial charge is 0.493 e. The second-order valence-electron chi connectivity index (χ2n) is 5.78. The highest BCUT2D eigenvalue weighted by Gasteiger charge is 2.37. The van der Waals surface area contributed by atoms with Crippen molar-refractivity contribution < 1.29 is 28.9 Å². The van der Waals surface area contributed by atoms with Crippen LogP contribution < -0.4 is 14.2 Å². The van der Waals surface area contributed by atoms with Crippen LogP contribution in [0.25, 0.3) is 0 Å². The first kappa shape index (κ1) is 18.1. The number of amides is 1. The minimum Gasteiger partial charge on any atom is -0.493 e. The van der Waals surface area contributed by atoms with E-state index < -0.39 is 12.0 Å². The Hall–Kier alpha value is -2.74. The fourth-order valence-corrected chi connectivity index (χ4v) is 4.00. The molecule has 3 rings (SSSR count). The Morgan fingerprint density at radius 1 is 1.23 bits per heavy atom. The Morgan fingerprint density at radius 3 is 2.42 bits per heavy atom. The highest BCUT2D eigenvalue weighted by atomic mass is 32.1. The number of hydrogen-bond acceptors (Lipinski definition) is 6. The molecular formula is C18H19NO6S. The lowest BCUT2D eigenvalue weighted by Gasteiger charge is -2.33. The van der Waals surface area contributed by atoms with Gasteiger partial charge in [0.05, 0.1) is 26.9 Å². The molecule has 1 aromatic heterocycles. The summed E-state index contributed by atoms with van der Waals surface area (Å²) >= 11 is 1.41. The quantitative estimate of drug-likeness (QED) is 0.832. The monoisotopic (exact) mass is 377 g/mol. The van der Waals surface area contributed by atoms with Gasteiger partial charge < -0.3 is 24.2 Å². The van der Waals surface area contributed by atoms with Crippen molar-refractivity contribution in [2.75, 3.05) is 21.3 Å². The summed E-state index contributed by atoms with van der Waals surface area (Å²) in [6, 6.07) is 4.27. The van der Waals surface area contributed by atoms with E-state index in [-0.39, 0.29) is 12.5 Å². The van der Waals surface area contributed by atoms with Gasteiger partial charge in [0.15, 0.2) is 11.5 Å². The number of carboxylic acids is 1. The molecule has 8 heteroatoms. The summed E-state index contributed by atoms with van der Waals surface area (Å²) in [5, 5.41) is 11.4. The number of carbonyl (C=O) groups is 2. The molecule has 1 aromatic carbocycles. The van der Waals surface area contributed by atoms with Crippen LogP contribution >= 0.6 is 11.3 Å². The van der Waals surface area contributed by atoms with Crippen molar-refractivity contribution in [2.45, 2.75) is 19.0 Å². The first-order valence-corrected chi connectivity index (χ1v) is 8.77. The molecule has 2 heterocycles. The number of aliphatic carboxylic acids is 1. The first-order chi connectivity index (χ1) is 12.5. The zero-order chi connectivity index (χ0) is 18.8. The molecule has 0 saturated carbocycles. The number of carboxylic acid groups (broad SMARTS) is 1. The van der Waals surface area contributed by atoms with Gasteiger partial charge in [-0.05, 0) is 29.1 Å². The molecule has 0 fully saturated rings. The van der Waals surface area contributed by atoms with Gasteiger partial charge in [-0.15, -0.1) is 11.3 Å². The van der Waals surface area contributed by atoms with Crippen LogP contribution in [-0.2, 0) is 17.8 Å². The predicted octanol–water partition coefficient (Wildman–Crippen LogP) is 2.43. The van der Waals surface area contributed by atoms with Crippen molar-refractivity contribution >= 4 is 23.2 Å². The van der Waals surface area contributed by atoms with Gasteiger partial charge in [0.25, 0.3) is 5.91 Å². The van der Waals surface area contributed by atoms with Gasteiger partial charge in [-0.2, -0.15) is 0 Å². The lowest BCUT2D eigenvalue weighted by Crippen LogP contribution is -2.48. The number of hydrogen-bond donors (Lipinski definition) is 1. The molecule has 1 unspecified atom stereocenters. The molecule has 2 aromatic rings. The van der Waals surface area contributed by atoms with Crippen molar-refractivity contribution in [1.82, 2.24) is 4.90 Å². The molecule has 1 amide bonds. The van der Waals surface area contributed by atoms with Gasteiger partial charge >= 0.3 is 5.97 Å². The molecule has 26 heavy (non-hydrogen) atoms. The minimum absolute atomic E-state index is 0.127. The number of rotatable bonds is 6. The smallest absolute Gasteiger partial charge is 0.326 e. The Labute approximate surface area is 154 Å². The van der Waals surface area contributed by atoms with Gasteiger partial charge in [0, 0.05) is 17.8 Å². The van der Waals surface area contributed by atoms with Crippen molar-refractivity contribution in [1.29, 1.82) is 0 Å². The molecular weight excluding hydrogens is 358 g/mol. The topological polar surface area (TPSA) is 85.3 Å². The number of carbonyl (C=O) groups excluding carboxylic acids is 1. The third kappa shape index (κ3) is 3.08. The van der Waals surface area contributed by atoms with Crippen molar-refractivity contribution in [3.8, 4) is 17.2 Å². The van der Waals surface area contributed by atoms with Gasteiger partial charge in [0.2, 0.25) is 5.75 Å². The van der Waals surface area contributed by atoms with E-state index in [2.05, 4.69) is 0 Å². The number of benzene rings is 1. The summed E-state index contributed by atoms with van der Waals surface area (Å²) in [6.07, 6.45) is 0.304. The fraction of sp³-hybridized carbons (Fsp3) is 0.333. The lowest BCUT2D eigenvalue weighted by molar-refractivity contribution is -0.142. The maximum atomic E-state index is 12.8. The van der Waals surface area contributed by atoms with Crippen molar-refractivity contribution in [3.05, 3.63) is 39.6 Å². The summed E-state index contributed by atoms with van der Waals surface area (Å²) in [5.41, 5.74) is 1.26. The van der Waals surface area contributed by atoms with Crippen LogP contribution in [0.4, 0.5) is 0 Å². The van der Waals surface area contributed by atoms with Gasteiger partial charge in [-0.1, -0.05) is 0 Å². The Kier molecular flexibility index (Phi) is 5.03. The van der Waals surface area contributed by atoms with E-state index in [1.165, 1.54) is 37.6 Å². The van der Waals surface area contributed by atoms with Gasteiger partial charge in [0.1, 0.15) is 6.04 Å². The van der Waals surface area contributed by atoms with Crippen molar-refractivity contribution in [2.24, 2.45) is 0 Å². The van der Waals surface area contributed by atoms with Gasteiger partial charge in [-0.3, -0.25) is 4.79 Å². The average molecular weight is 377 g/mol. The van der Waals surface area contributed by atoms with Crippen LogP contribution in [0.2, 0.25) is 0 Å². The lowest BCUT2D eigenvalue weighted by atomic mass is 10.00. The Morgan fingerprint density at radius 2 is 1.88 bits per heavy atom. The molecule has 0 aliphatic carbocycles. The second kappa shape index (κ2) is 7.25. The maximum Gasteiger partial charge on any atom is 0.326 e. The van der Waals surface area contributed by atoms with Crippen LogP contribution in [0.5, 0.6) is 17.2 Å². The summed E-state index contributed by atoms with van der Waals surface area (Å²) in [7, 11) is 4.52. The van der Waals surface area contributed by atoms with E-state index in [1.807, 2.05) is 5.38 Å². The summed E-state index contributed by atoms with van der Waals surface area (Å²) in [4.78, 5) is 26.7. The normalized spacial score (nSPS) is 16.2. The molecule has 1 aliphatic heterocycles. The standard InChI is InChI=1S/C18H19NO6S/c1-23-13-6-10(7-14(24-2)16(13)25-3)9-19-12(18(21)22)8-15-11(17(19)20)4-5-26-15/h4-7,12H,8-9H2,1-3H3,(H,21,22). The molecule has 1 atom stereocenters. The third-order valence-corrected chi connectivity index (χ3v) is 5.30. The van der Waals surface area contributed by atoms with Crippen LogP contribution in [0.3, 0.4) is 0 Å². The molecule has 138 valence electrons. The third-order valence-electron chi connectivity index (χ3n) is 4.35. The van der Waals surface area contributed by atoms with E-state index in [1.54, 1.807) is 18.2 Å². The van der Waals surface area contributed by atoms with E-state index in [9.17, 15) is 14.7 Å². The minimum atomic E-state index is -1.02. The number of ether oxygens (including phenoxy) is 3. The second-order valence-corrected chi connectivity index (χ2v) is 6.78. The van der Waals surface area contributed by atoms with Crippen LogP contribution in [0.1, 0.15) is 20.8 Å². The first-order valence-electron chi connectivity index (χ1n) is 7.89. The average Bonchev–Trinajstić information content (AvgIpc) is 3.11. The summed E-state index contributed by atoms with van der Waals surface area (Å²) in [5.74, 6) is 0.0425. The van der Waals surface area contributed by atoms with E-state index >= 15 is 0 Å². The Balaban J connectivity index is 1.98. The van der Waals surface area contributed by atoms with Crippen LogP contribution in [0, 0.1) is 0 Å². The molecule has 0 spiro atoms. The van der Waals surface area contributed by atoms with E-state index in [0.717, 1.165) is 4.88 Å². The summed E-state index contributed by atoms with van der Waals surface area (Å²) in [6.45, 7) is 0.127. The number of nitrogens with zero attached hydrogens (tertiary/aromatic N) is 1. The molecule has 0 saturated heterocycles. The predicted molar refractivity (Wildman–Crippen MR) is 95.4 cm³/mol. The zero-order valence-corrected chi connectivity index (χ0v) is 15.5. The summed E-state index contributed by atoms with van der Waals surface area (Å²) < 4.78 is 16.0. The maximum absolute atomic E-state index is 12.8. The van der Waals surface area contributed by atoms with Gasteiger partial charge in [-0.25, -0.2) is 4.79 Å². The molecule has 0 bridgehead atoms. The molecule has 0 radical (unpaired) electrons. The Bertz CT molecular complexity index is 821. The highest BCUT2D eigenvalue weighted by Crippen LogP contribution is 2.39. The molecule has 1 N–H and O–H groups in total. The molecule has 7 nitrogen and oxygen atoms in total. The van der Waals surface area contributed by atoms with E-state index in [4.69, 9.17) is 14.2 Å². The highest BCUT2D eigenvalue weighted by molar-refractivity contribution is 7.10. The van der Waals surface area contributed by atoms with E-state index in [0.29, 0.717) is 34.8 Å². The SMILES string of the molecule is COc1cc(CN2C(=O)c3ccsc3CC2C(=O)O)cc(OC)c1OC. The molecule has 1 aliphatic rings. The fourth-order valence-electron chi connectivity index (χ4n) is 3.10. The van der Waals surface area contributed by atoms with Crippen LogP contribution in [0.15, 0.2) is 23.6 Å². The van der Waals surface area contributed by atoms with Crippen molar-refractivity contribution in [3.63, 3.8) is 0 Å². The number of thiophene rings is 1. The zero-order valence-electron chi connectivity index (χ0n) is 14.6. The van der Waals surface area contributed by atoms with Crippen LogP contribution in [-0.4, -0.2) is 49.3 Å².